The van der Waals surface area contributed by atoms with Gasteiger partial charge in [0.1, 0.15) is 11.5 Å². The molecule has 0 fully saturated rings. The van der Waals surface area contributed by atoms with Crippen molar-refractivity contribution in [1.82, 2.24) is 10.6 Å². The number of rotatable bonds is 1. The van der Waals surface area contributed by atoms with Crippen molar-refractivity contribution >= 4 is 29.4 Å². The van der Waals surface area contributed by atoms with Gasteiger partial charge in [-0.15, -0.1) is 0 Å². The van der Waals surface area contributed by atoms with Crippen molar-refractivity contribution in [2.75, 3.05) is 13.1 Å². The van der Waals surface area contributed by atoms with Crippen molar-refractivity contribution in [2.24, 2.45) is 0 Å². The van der Waals surface area contributed by atoms with Crippen LogP contribution in [0.25, 0.3) is 32.7 Å². The van der Waals surface area contributed by atoms with Crippen LogP contribution in [0.5, 0.6) is 11.5 Å². The molecule has 3 aliphatic heterocycles. The first-order chi connectivity index (χ1) is 22.8. The predicted octanol–water partition coefficient (Wildman–Crippen LogP) is 8.64. The Morgan fingerprint density at radius 2 is 0.979 bits per heavy atom. The molecule has 6 aromatic carbocycles. The molecule has 0 amide bonds. The topological polar surface area (TPSA) is 79.8 Å². The Morgan fingerprint density at radius 3 is 1.45 bits per heavy atom. The molecule has 2 atom stereocenters. The van der Waals surface area contributed by atoms with Crippen LogP contribution in [-0.4, -0.2) is 18.0 Å². The van der Waals surface area contributed by atoms with Gasteiger partial charge in [-0.2, -0.15) is 0 Å². The Hall–Kier alpha value is -4.45. The fraction of sp³-hybridized carbons (Fsp3) is 0.200. The van der Waals surface area contributed by atoms with E-state index in [1.165, 1.54) is 22.3 Å². The van der Waals surface area contributed by atoms with E-state index in [1.807, 2.05) is 60.7 Å². The van der Waals surface area contributed by atoms with Gasteiger partial charge in [0.15, 0.2) is 0 Å². The summed E-state index contributed by atoms with van der Waals surface area (Å²) in [5, 5.41) is 11.6. The number of hydrogen-bond acceptors (Lipinski definition) is 5. The third-order valence-electron chi connectivity index (χ3n) is 10.3. The van der Waals surface area contributed by atoms with Gasteiger partial charge in [0.2, 0.25) is 0 Å². The average Bonchev–Trinajstić information content (AvgIpc) is 3.21. The largest absolute Gasteiger partial charge is 0.584 e. The smallest absolute Gasteiger partial charge is 0.395 e. The van der Waals surface area contributed by atoms with Crippen LogP contribution in [0.3, 0.4) is 0 Å². The van der Waals surface area contributed by atoms with Gasteiger partial charge in [-0.3, -0.25) is 4.89 Å². The summed E-state index contributed by atoms with van der Waals surface area (Å²) in [6, 6.07) is 40.8. The van der Waals surface area contributed by atoms with Crippen molar-refractivity contribution in [3.05, 3.63) is 144 Å². The standard InChI is InChI=1S/C20H24N2.C20H13O4P/c1-19(17-9-5-3-7-15(17)11-13-21-19)20(2)18-10-6-4-8-16(18)12-14-22-20;21-25(22)23-17-11-9-13-5-1-3-7-15(13)19(17)20-16-8-4-2-6-14(16)10-12-18(20)24-25/h3-10,21-22H,11-14H2,1-2H3;1-12H,(H,21,22)/t19-,20-;/m1./s1. The molecule has 0 aliphatic carbocycles. The molecule has 3 N–H and O–H groups in total. The highest BCUT2D eigenvalue weighted by Crippen LogP contribution is 2.56. The summed E-state index contributed by atoms with van der Waals surface area (Å²) in [6.45, 7) is 6.79. The van der Waals surface area contributed by atoms with Crippen LogP contribution < -0.4 is 19.7 Å². The van der Waals surface area contributed by atoms with E-state index in [2.05, 4.69) is 73.0 Å². The van der Waals surface area contributed by atoms with E-state index in [-0.39, 0.29) is 11.1 Å². The summed E-state index contributed by atoms with van der Waals surface area (Å²) >= 11 is 0. The molecule has 0 radical (unpaired) electrons. The minimum Gasteiger partial charge on any atom is -0.395 e. The van der Waals surface area contributed by atoms with E-state index in [9.17, 15) is 9.46 Å². The summed E-state index contributed by atoms with van der Waals surface area (Å²) in [5.74, 6) is 0.694. The summed E-state index contributed by atoms with van der Waals surface area (Å²) in [5.41, 5.74) is 7.19. The zero-order valence-electron chi connectivity index (χ0n) is 26.5. The van der Waals surface area contributed by atoms with E-state index in [4.69, 9.17) is 9.05 Å². The zero-order chi connectivity index (χ0) is 32.2. The first-order valence-electron chi connectivity index (χ1n) is 16.2. The molecular weight excluding hydrogens is 603 g/mol. The fourth-order valence-electron chi connectivity index (χ4n) is 7.87. The van der Waals surface area contributed by atoms with E-state index in [0.717, 1.165) is 58.6 Å². The fourth-order valence-corrected chi connectivity index (χ4v) is 8.71. The first kappa shape index (κ1) is 29.9. The van der Waals surface area contributed by atoms with Gasteiger partial charge in [0.05, 0.1) is 11.1 Å². The van der Waals surface area contributed by atoms with Gasteiger partial charge in [-0.25, -0.2) is 4.57 Å². The van der Waals surface area contributed by atoms with E-state index >= 15 is 0 Å². The number of hydrogen-bond donors (Lipinski definition) is 3. The minimum atomic E-state index is -4.25. The highest BCUT2D eigenvalue weighted by atomic mass is 31.2. The molecule has 0 spiro atoms. The van der Waals surface area contributed by atoms with Crippen LogP contribution in [0.2, 0.25) is 0 Å². The second kappa shape index (κ2) is 11.4. The Balaban J connectivity index is 0.000000139. The van der Waals surface area contributed by atoms with Crippen LogP contribution in [0.4, 0.5) is 0 Å². The molecule has 0 saturated carbocycles. The Morgan fingerprint density at radius 1 is 0.574 bits per heavy atom. The van der Waals surface area contributed by atoms with Crippen molar-refractivity contribution in [3.63, 3.8) is 0 Å². The SMILES string of the molecule is C[C@@]1([C@]2(C)NCCc3ccccc32)NCCc2ccccc21.O=P1(O)Oc2ccc3ccccc3c2-c2c(ccc3ccccc23)O1. The summed E-state index contributed by atoms with van der Waals surface area (Å²) in [4.78, 5) is 10.1. The maximum atomic E-state index is 12.4. The lowest BCUT2D eigenvalue weighted by Gasteiger charge is -2.53. The second-order valence-corrected chi connectivity index (χ2v) is 14.2. The van der Waals surface area contributed by atoms with Gasteiger partial charge >= 0.3 is 7.82 Å². The van der Waals surface area contributed by atoms with Crippen molar-refractivity contribution in [3.8, 4) is 22.6 Å². The van der Waals surface area contributed by atoms with E-state index < -0.39 is 7.82 Å². The monoisotopic (exact) mass is 640 g/mol. The lowest BCUT2D eigenvalue weighted by atomic mass is 9.65. The molecule has 0 unspecified atom stereocenters. The van der Waals surface area contributed by atoms with Crippen molar-refractivity contribution in [1.29, 1.82) is 0 Å². The maximum Gasteiger partial charge on any atom is 0.584 e. The van der Waals surface area contributed by atoms with Crippen LogP contribution in [0.15, 0.2) is 121 Å². The third-order valence-corrected chi connectivity index (χ3v) is 11.2. The van der Waals surface area contributed by atoms with Gasteiger partial charge in [-0.05, 0) is 82.6 Å². The summed E-state index contributed by atoms with van der Waals surface area (Å²) < 4.78 is 23.1. The molecular formula is C40H37N2O4P. The Bertz CT molecular complexity index is 2060. The average molecular weight is 641 g/mol. The molecule has 6 nitrogen and oxygen atoms in total. The number of benzene rings is 6. The maximum absolute atomic E-state index is 12.4. The molecule has 3 aliphatic rings. The lowest BCUT2D eigenvalue weighted by Crippen LogP contribution is -2.65. The summed E-state index contributed by atoms with van der Waals surface area (Å²) in [6.07, 6.45) is 2.23. The van der Waals surface area contributed by atoms with Crippen molar-refractivity contribution < 1.29 is 18.5 Å². The van der Waals surface area contributed by atoms with Gasteiger partial charge in [0, 0.05) is 24.2 Å². The first-order valence-corrected chi connectivity index (χ1v) is 17.7. The number of phosphoric acid groups is 1. The zero-order valence-corrected chi connectivity index (χ0v) is 27.4. The van der Waals surface area contributed by atoms with E-state index in [1.54, 1.807) is 12.1 Å². The Labute approximate surface area is 275 Å². The van der Waals surface area contributed by atoms with Crippen LogP contribution in [0.1, 0.15) is 36.1 Å². The second-order valence-electron chi connectivity index (χ2n) is 12.9. The van der Waals surface area contributed by atoms with Gasteiger partial charge in [0.25, 0.3) is 0 Å². The normalized spacial score (nSPS) is 22.2. The molecule has 6 aromatic rings. The van der Waals surface area contributed by atoms with Crippen LogP contribution in [-0.2, 0) is 28.5 Å². The Kier molecular flexibility index (Phi) is 7.23. The lowest BCUT2D eigenvalue weighted by molar-refractivity contribution is 0.141. The molecule has 0 aromatic heterocycles. The molecule has 0 saturated heterocycles. The molecule has 9 rings (SSSR count). The highest BCUT2D eigenvalue weighted by Gasteiger charge is 2.50. The predicted molar refractivity (Wildman–Crippen MR) is 189 cm³/mol. The molecule has 236 valence electrons. The quantitative estimate of drug-likeness (QED) is 0.156. The van der Waals surface area contributed by atoms with Gasteiger partial charge < -0.3 is 19.7 Å². The van der Waals surface area contributed by atoms with Crippen LogP contribution >= 0.6 is 7.82 Å². The third kappa shape index (κ3) is 4.95. The number of fused-ring (bicyclic) bond motifs is 9. The molecule has 47 heavy (non-hydrogen) atoms. The molecule has 3 heterocycles. The molecule has 0 bridgehead atoms. The number of nitrogens with one attached hydrogen (secondary N) is 2. The number of phosphoric ester groups is 1. The van der Waals surface area contributed by atoms with Crippen molar-refractivity contribution in [2.45, 2.75) is 37.8 Å². The highest BCUT2D eigenvalue weighted by molar-refractivity contribution is 7.48. The van der Waals surface area contributed by atoms with Gasteiger partial charge in [-0.1, -0.05) is 109 Å². The molecule has 7 heteroatoms. The minimum absolute atomic E-state index is 0.0988. The van der Waals surface area contributed by atoms with E-state index in [0.29, 0.717) is 11.5 Å². The summed E-state index contributed by atoms with van der Waals surface area (Å²) in [7, 11) is -4.25. The van der Waals surface area contributed by atoms with Crippen LogP contribution in [0, 0.1) is 0 Å².